The maximum Gasteiger partial charge on any atom is 0.298 e. The summed E-state index contributed by atoms with van der Waals surface area (Å²) in [7, 11) is 0. The van der Waals surface area contributed by atoms with Gasteiger partial charge in [0.2, 0.25) is 0 Å². The smallest absolute Gasteiger partial charge is 0.298 e. The predicted molar refractivity (Wildman–Crippen MR) is 122 cm³/mol. The van der Waals surface area contributed by atoms with Crippen LogP contribution in [0.15, 0.2) is 66.7 Å². The first kappa shape index (κ1) is 21.1. The van der Waals surface area contributed by atoms with Gasteiger partial charge in [-0.2, -0.15) is 0 Å². The van der Waals surface area contributed by atoms with Crippen molar-refractivity contribution in [2.24, 2.45) is 5.73 Å². The van der Waals surface area contributed by atoms with Crippen molar-refractivity contribution in [2.75, 3.05) is 13.1 Å². The first-order valence-electron chi connectivity index (χ1n) is 10.4. The van der Waals surface area contributed by atoms with Crippen molar-refractivity contribution in [3.8, 4) is 34.6 Å². The van der Waals surface area contributed by atoms with Gasteiger partial charge in [0.25, 0.3) is 11.8 Å². The lowest BCUT2D eigenvalue weighted by molar-refractivity contribution is -0.124. The Balaban J connectivity index is 1.59. The molecule has 160 valence electrons. The molecule has 2 N–H and O–H groups in total. The minimum absolute atomic E-state index is 0.0824. The third-order valence-corrected chi connectivity index (χ3v) is 5.41. The van der Waals surface area contributed by atoms with Crippen molar-refractivity contribution in [1.82, 2.24) is 9.88 Å². The van der Waals surface area contributed by atoms with Crippen molar-refractivity contribution >= 4 is 11.8 Å². The first-order chi connectivity index (χ1) is 15.5. The Morgan fingerprint density at radius 2 is 1.75 bits per heavy atom. The molecule has 0 spiro atoms. The van der Waals surface area contributed by atoms with Gasteiger partial charge in [-0.3, -0.25) is 14.6 Å². The zero-order chi connectivity index (χ0) is 22.5. The maximum atomic E-state index is 12.1. The van der Waals surface area contributed by atoms with Gasteiger partial charge >= 0.3 is 0 Å². The largest absolute Gasteiger partial charge is 0.457 e. The van der Waals surface area contributed by atoms with E-state index in [-0.39, 0.29) is 11.8 Å². The fourth-order valence-corrected chi connectivity index (χ4v) is 3.80. The lowest BCUT2D eigenvalue weighted by atomic mass is 9.99. The van der Waals surface area contributed by atoms with Gasteiger partial charge in [0.1, 0.15) is 11.5 Å². The number of benzene rings is 2. The van der Waals surface area contributed by atoms with Crippen molar-refractivity contribution in [3.05, 3.63) is 78.0 Å². The molecule has 2 heterocycles. The van der Waals surface area contributed by atoms with Crippen LogP contribution in [0.4, 0.5) is 0 Å². The molecule has 3 aromatic rings. The van der Waals surface area contributed by atoms with E-state index in [1.807, 2.05) is 60.7 Å². The highest BCUT2D eigenvalue weighted by Gasteiger charge is 2.28. The monoisotopic (exact) mass is 425 g/mol. The van der Waals surface area contributed by atoms with Crippen LogP contribution in [0.5, 0.6) is 11.5 Å². The van der Waals surface area contributed by atoms with Gasteiger partial charge in [-0.25, -0.2) is 0 Å². The number of hydrogen-bond donors (Lipinski definition) is 1. The average molecular weight is 425 g/mol. The van der Waals surface area contributed by atoms with Crippen LogP contribution in [-0.4, -0.2) is 34.8 Å². The highest BCUT2D eigenvalue weighted by atomic mass is 16.5. The van der Waals surface area contributed by atoms with Crippen molar-refractivity contribution < 1.29 is 14.3 Å². The van der Waals surface area contributed by atoms with Crippen LogP contribution in [0, 0.1) is 11.8 Å². The molecule has 1 fully saturated rings. The fourth-order valence-electron chi connectivity index (χ4n) is 3.80. The molecular weight excluding hydrogens is 402 g/mol. The number of pyridine rings is 1. The van der Waals surface area contributed by atoms with Gasteiger partial charge in [-0.15, -0.1) is 0 Å². The molecule has 0 saturated carbocycles. The average Bonchev–Trinajstić information content (AvgIpc) is 3.31. The summed E-state index contributed by atoms with van der Waals surface area (Å²) in [4.78, 5) is 30.6. The minimum Gasteiger partial charge on any atom is -0.457 e. The molecule has 0 aliphatic carbocycles. The quantitative estimate of drug-likeness (QED) is 0.627. The SMILES string of the molecule is CC#CC(=O)N1CCC(c2ccc(C(N)=O)c(-c3ccc(Oc4ccccc4)cc3)n2)C1. The zero-order valence-corrected chi connectivity index (χ0v) is 17.7. The molecule has 1 aliphatic rings. The van der Waals surface area contributed by atoms with E-state index in [0.29, 0.717) is 30.1 Å². The second-order valence-electron chi connectivity index (χ2n) is 7.55. The van der Waals surface area contributed by atoms with E-state index >= 15 is 0 Å². The first-order valence-corrected chi connectivity index (χ1v) is 10.4. The number of likely N-dealkylation sites (tertiary alicyclic amines) is 1. The van der Waals surface area contributed by atoms with Gasteiger partial charge in [0.05, 0.1) is 11.3 Å². The highest BCUT2D eigenvalue weighted by Crippen LogP contribution is 2.31. The summed E-state index contributed by atoms with van der Waals surface area (Å²) in [6.07, 6.45) is 0.795. The van der Waals surface area contributed by atoms with Crippen LogP contribution in [0.25, 0.3) is 11.3 Å². The van der Waals surface area contributed by atoms with Crippen LogP contribution in [0.1, 0.15) is 35.3 Å². The van der Waals surface area contributed by atoms with Gasteiger partial charge in [0, 0.05) is 30.3 Å². The van der Waals surface area contributed by atoms with Crippen molar-refractivity contribution in [1.29, 1.82) is 0 Å². The van der Waals surface area contributed by atoms with E-state index in [1.165, 1.54) is 0 Å². The Kier molecular flexibility index (Phi) is 6.18. The van der Waals surface area contributed by atoms with E-state index in [2.05, 4.69) is 11.8 Å². The highest BCUT2D eigenvalue weighted by molar-refractivity contribution is 5.99. The number of para-hydroxylation sites is 1. The number of carbonyl (C=O) groups excluding carboxylic acids is 2. The van der Waals surface area contributed by atoms with Gasteiger partial charge in [-0.05, 0) is 67.8 Å². The maximum absolute atomic E-state index is 12.1. The van der Waals surface area contributed by atoms with Crippen LogP contribution in [0.3, 0.4) is 0 Å². The van der Waals surface area contributed by atoms with Crippen molar-refractivity contribution in [3.63, 3.8) is 0 Å². The summed E-state index contributed by atoms with van der Waals surface area (Å²) < 4.78 is 5.85. The number of nitrogens with two attached hydrogens (primary N) is 1. The summed E-state index contributed by atoms with van der Waals surface area (Å²) >= 11 is 0. The third kappa shape index (κ3) is 4.62. The summed E-state index contributed by atoms with van der Waals surface area (Å²) in [5.41, 5.74) is 8.09. The molecule has 0 radical (unpaired) electrons. The van der Waals surface area contributed by atoms with Crippen LogP contribution >= 0.6 is 0 Å². The third-order valence-electron chi connectivity index (χ3n) is 5.41. The molecular formula is C26H23N3O3. The molecule has 1 unspecified atom stereocenters. The molecule has 1 saturated heterocycles. The normalized spacial score (nSPS) is 15.0. The molecule has 1 atom stereocenters. The Bertz CT molecular complexity index is 1190. The van der Waals surface area contributed by atoms with E-state index in [9.17, 15) is 9.59 Å². The Labute approximate surface area is 187 Å². The predicted octanol–water partition coefficient (Wildman–Crippen LogP) is 3.98. The number of ether oxygens (including phenoxy) is 1. The Hall–Kier alpha value is -4.11. The molecule has 1 aromatic heterocycles. The lowest BCUT2D eigenvalue weighted by Crippen LogP contribution is -2.27. The topological polar surface area (TPSA) is 85.5 Å². The molecule has 4 rings (SSSR count). The van der Waals surface area contributed by atoms with E-state index in [1.54, 1.807) is 17.9 Å². The Morgan fingerprint density at radius 3 is 2.44 bits per heavy atom. The van der Waals surface area contributed by atoms with Gasteiger partial charge in [0.15, 0.2) is 0 Å². The lowest BCUT2D eigenvalue weighted by Gasteiger charge is -2.15. The minimum atomic E-state index is -0.537. The standard InChI is InChI=1S/C26H23N3O3/c1-2-6-24(30)29-16-15-19(17-29)23-14-13-22(26(27)31)25(28-23)18-9-11-21(12-10-18)32-20-7-4-3-5-8-20/h3-5,7-14,19H,15-17H2,1H3,(H2,27,31). The van der Waals surface area contributed by atoms with E-state index in [4.69, 9.17) is 15.5 Å². The van der Waals surface area contributed by atoms with Gasteiger partial charge < -0.3 is 15.4 Å². The van der Waals surface area contributed by atoms with E-state index in [0.717, 1.165) is 23.4 Å². The second-order valence-corrected chi connectivity index (χ2v) is 7.55. The summed E-state index contributed by atoms with van der Waals surface area (Å²) in [6, 6.07) is 20.4. The van der Waals surface area contributed by atoms with Crippen molar-refractivity contribution in [2.45, 2.75) is 19.3 Å². The van der Waals surface area contributed by atoms with Crippen LogP contribution in [-0.2, 0) is 4.79 Å². The molecule has 2 amide bonds. The number of amides is 2. The van der Waals surface area contributed by atoms with Crippen LogP contribution in [0.2, 0.25) is 0 Å². The Morgan fingerprint density at radius 1 is 1.03 bits per heavy atom. The van der Waals surface area contributed by atoms with Crippen LogP contribution < -0.4 is 10.5 Å². The molecule has 0 bridgehead atoms. The number of carbonyl (C=O) groups is 2. The zero-order valence-electron chi connectivity index (χ0n) is 17.7. The number of nitrogens with zero attached hydrogens (tertiary/aromatic N) is 2. The molecule has 6 nitrogen and oxygen atoms in total. The molecule has 2 aromatic carbocycles. The summed E-state index contributed by atoms with van der Waals surface area (Å²) in [5, 5.41) is 0. The van der Waals surface area contributed by atoms with E-state index < -0.39 is 5.91 Å². The number of rotatable bonds is 5. The molecule has 6 heteroatoms. The molecule has 32 heavy (non-hydrogen) atoms. The summed E-state index contributed by atoms with van der Waals surface area (Å²) in [5.74, 6) is 6.04. The number of aromatic nitrogens is 1. The summed E-state index contributed by atoms with van der Waals surface area (Å²) in [6.45, 7) is 2.84. The van der Waals surface area contributed by atoms with Gasteiger partial charge in [-0.1, -0.05) is 24.1 Å². The number of hydrogen-bond acceptors (Lipinski definition) is 4. The molecule has 1 aliphatic heterocycles. The second kappa shape index (κ2) is 9.36. The fraction of sp³-hybridized carbons (Fsp3) is 0.192. The number of primary amides is 1.